The van der Waals surface area contributed by atoms with Gasteiger partial charge in [0.25, 0.3) is 5.91 Å². The largest absolute Gasteiger partial charge is 0.477 e. The van der Waals surface area contributed by atoms with Crippen molar-refractivity contribution >= 4 is 98.3 Å². The summed E-state index contributed by atoms with van der Waals surface area (Å²) in [6.45, 7) is 1.06. The molecule has 0 spiro atoms. The Bertz CT molecular complexity index is 1290. The van der Waals surface area contributed by atoms with Crippen molar-refractivity contribution in [1.82, 2.24) is 25.7 Å². The smallest absolute Gasteiger partial charge is 0.353 e. The number of thioether (sulfide) groups is 3. The maximum atomic E-state index is 13.1. The van der Waals surface area contributed by atoms with Crippen molar-refractivity contribution in [3.8, 4) is 0 Å². The van der Waals surface area contributed by atoms with E-state index < -0.39 is 35.2 Å². The Kier molecular flexibility index (Phi) is 10.8. The molecule has 11 N–H and O–H groups in total. The van der Waals surface area contributed by atoms with Crippen molar-refractivity contribution in [2.24, 2.45) is 11.5 Å². The second-order valence-electron chi connectivity index (χ2n) is 8.34. The minimum absolute atomic E-state index is 0.0122. The standard InChI is InChI=1S/C20H26ClN9O5S5/c21-13-9(28-20(24)40-13)10(29-35)15(31)27-11-16(32)30-12(18(33)34)8(5-37-17(11)30)39-19-14(26-6-38-19)25-3-7(23)4-36-2-1-22/h6-7,10-11,17,25,29,35H,1-5,22-23H2,(H2,24,28)(H,27,31)(H,33,34)/t7?,10?,11-,17+/m1/s1. The van der Waals surface area contributed by atoms with Crippen LogP contribution < -0.4 is 33.3 Å². The summed E-state index contributed by atoms with van der Waals surface area (Å²) in [5.74, 6) is -0.191. The number of anilines is 2. The molecule has 0 bridgehead atoms. The van der Waals surface area contributed by atoms with E-state index in [1.165, 1.54) is 34.9 Å². The van der Waals surface area contributed by atoms with Crippen LogP contribution in [0.25, 0.3) is 0 Å². The van der Waals surface area contributed by atoms with Crippen LogP contribution in [0.4, 0.5) is 10.9 Å². The second-order valence-corrected chi connectivity index (χ2v) is 14.4. The zero-order valence-corrected chi connectivity index (χ0v) is 25.4. The Labute approximate surface area is 254 Å². The molecule has 2 aliphatic heterocycles. The number of rotatable bonds is 14. The number of carbonyl (C=O) groups excluding carboxylic acids is 2. The van der Waals surface area contributed by atoms with Gasteiger partial charge in [-0.2, -0.15) is 17.2 Å². The summed E-state index contributed by atoms with van der Waals surface area (Å²) in [6, 6.07) is -2.50. The summed E-state index contributed by atoms with van der Waals surface area (Å²) in [5.41, 5.74) is 20.6. The average Bonchev–Trinajstić information content (AvgIpc) is 3.50. The molecule has 218 valence electrons. The number of fused-ring (bicyclic) bond motifs is 1. The molecule has 2 amide bonds. The first-order valence-electron chi connectivity index (χ1n) is 11.6. The zero-order valence-electron chi connectivity index (χ0n) is 20.5. The summed E-state index contributed by atoms with van der Waals surface area (Å²) in [6.07, 6.45) is 0. The molecule has 14 nitrogen and oxygen atoms in total. The predicted octanol–water partition coefficient (Wildman–Crippen LogP) is 0.775. The van der Waals surface area contributed by atoms with Crippen LogP contribution in [0.15, 0.2) is 20.3 Å². The molecule has 2 unspecified atom stereocenters. The second kappa shape index (κ2) is 13.9. The lowest BCUT2D eigenvalue weighted by atomic mass is 10.0. The Morgan fingerprint density at radius 2 is 2.15 bits per heavy atom. The van der Waals surface area contributed by atoms with Crippen LogP contribution in [0.3, 0.4) is 0 Å². The molecule has 1 saturated heterocycles. The summed E-state index contributed by atoms with van der Waals surface area (Å²) < 4.78 is 0.846. The van der Waals surface area contributed by atoms with Crippen molar-refractivity contribution < 1.29 is 24.7 Å². The number of aliphatic carboxylic acids is 1. The zero-order chi connectivity index (χ0) is 29.0. The number of carboxylic acids is 1. The molecular formula is C20H26ClN9O5S5. The highest BCUT2D eigenvalue weighted by Gasteiger charge is 2.55. The molecule has 2 aliphatic rings. The minimum atomic E-state index is -1.37. The number of thiazole rings is 2. The fraction of sp³-hybridized carbons (Fsp3) is 0.450. The number of nitrogens with zero attached hydrogens (tertiary/aromatic N) is 3. The van der Waals surface area contributed by atoms with Gasteiger partial charge < -0.3 is 38.1 Å². The first-order chi connectivity index (χ1) is 19.2. The third-order valence-electron chi connectivity index (χ3n) is 5.60. The number of nitrogens with one attached hydrogen (secondary N) is 3. The van der Waals surface area contributed by atoms with Gasteiger partial charge in [-0.1, -0.05) is 34.7 Å². The van der Waals surface area contributed by atoms with Crippen molar-refractivity contribution in [2.75, 3.05) is 41.4 Å². The number of carbonyl (C=O) groups is 3. The molecule has 40 heavy (non-hydrogen) atoms. The summed E-state index contributed by atoms with van der Waals surface area (Å²) in [5, 5.41) is 24.8. The number of carboxylic acid groups (broad SMARTS) is 1. The van der Waals surface area contributed by atoms with Gasteiger partial charge in [-0.05, 0) is 0 Å². The maximum Gasteiger partial charge on any atom is 0.353 e. The number of hydrogen-bond acceptors (Lipinski definition) is 16. The van der Waals surface area contributed by atoms with Gasteiger partial charge in [0.1, 0.15) is 31.4 Å². The Morgan fingerprint density at radius 1 is 1.38 bits per heavy atom. The summed E-state index contributed by atoms with van der Waals surface area (Å²) in [4.78, 5) is 48.1. The third kappa shape index (κ3) is 6.80. The van der Waals surface area contributed by atoms with Gasteiger partial charge in [-0.25, -0.2) is 14.8 Å². The number of hydroxylamine groups is 1. The number of halogens is 1. The lowest BCUT2D eigenvalue weighted by molar-refractivity contribution is -0.151. The molecule has 20 heteroatoms. The minimum Gasteiger partial charge on any atom is -0.477 e. The first kappa shape index (κ1) is 31.1. The molecule has 1 fully saturated rings. The van der Waals surface area contributed by atoms with Crippen LogP contribution in [0.2, 0.25) is 4.34 Å². The molecular weight excluding hydrogens is 642 g/mol. The van der Waals surface area contributed by atoms with E-state index in [1.807, 2.05) is 5.48 Å². The molecule has 0 radical (unpaired) electrons. The number of hydrogen-bond donors (Lipinski definition) is 8. The van der Waals surface area contributed by atoms with Crippen LogP contribution in [0.5, 0.6) is 0 Å². The Morgan fingerprint density at radius 3 is 2.80 bits per heavy atom. The highest BCUT2D eigenvalue weighted by molar-refractivity contribution is 8.07. The third-order valence-corrected chi connectivity index (χ3v) is 11.5. The molecule has 4 atom stereocenters. The molecule has 0 saturated carbocycles. The van der Waals surface area contributed by atoms with Gasteiger partial charge in [-0.15, -0.1) is 23.1 Å². The predicted molar refractivity (Wildman–Crippen MR) is 160 cm³/mol. The lowest BCUT2D eigenvalue weighted by Gasteiger charge is -2.49. The number of nitrogen functional groups attached to an aromatic ring is 1. The van der Waals surface area contributed by atoms with E-state index in [0.717, 1.165) is 32.0 Å². The Balaban J connectivity index is 1.43. The van der Waals surface area contributed by atoms with Gasteiger partial charge in [0.15, 0.2) is 17.0 Å². The maximum absolute atomic E-state index is 13.1. The average molecular weight is 668 g/mol. The van der Waals surface area contributed by atoms with Gasteiger partial charge in [0.05, 0.1) is 5.51 Å². The quantitative estimate of drug-likeness (QED) is 0.0789. The van der Waals surface area contributed by atoms with E-state index in [-0.39, 0.29) is 32.7 Å². The van der Waals surface area contributed by atoms with Crippen LogP contribution >= 0.6 is 69.6 Å². The van der Waals surface area contributed by atoms with Crippen LogP contribution in [-0.2, 0) is 14.4 Å². The van der Waals surface area contributed by atoms with E-state index in [0.29, 0.717) is 23.8 Å². The molecule has 4 rings (SSSR count). The van der Waals surface area contributed by atoms with E-state index in [4.69, 9.17) is 28.8 Å². The molecule has 2 aromatic rings. The number of aromatic nitrogens is 2. The molecule has 0 aliphatic carbocycles. The van der Waals surface area contributed by atoms with Crippen molar-refractivity contribution in [2.45, 2.75) is 27.7 Å². The normalized spacial score (nSPS) is 20.1. The van der Waals surface area contributed by atoms with E-state index in [1.54, 1.807) is 17.3 Å². The summed E-state index contributed by atoms with van der Waals surface area (Å²) >= 11 is 12.5. The Hall–Kier alpha value is -1.81. The monoisotopic (exact) mass is 667 g/mol. The van der Waals surface area contributed by atoms with Crippen molar-refractivity contribution in [3.05, 3.63) is 26.1 Å². The van der Waals surface area contributed by atoms with Gasteiger partial charge in [-0.3, -0.25) is 14.5 Å². The lowest BCUT2D eigenvalue weighted by Crippen LogP contribution is -2.71. The molecule has 4 heterocycles. The number of nitrogens with two attached hydrogens (primary N) is 3. The SMILES string of the molecule is NCCSCC(N)CNc1ncsc1SC1=C(C(=O)O)N2C(=O)[C@@H](NC(=O)C(NO)c3nc(N)sc3Cl)[C@@H]2SC1. The highest BCUT2D eigenvalue weighted by Crippen LogP contribution is 2.47. The fourth-order valence-electron chi connectivity index (χ4n) is 3.80. The van der Waals surface area contributed by atoms with Gasteiger partial charge in [0.2, 0.25) is 5.91 Å². The van der Waals surface area contributed by atoms with E-state index in [9.17, 15) is 24.7 Å². The molecule has 0 aromatic carbocycles. The molecule has 2 aromatic heterocycles. The number of amides is 2. The topological polar surface area (TPSA) is 235 Å². The van der Waals surface area contributed by atoms with Crippen LogP contribution in [-0.4, -0.2) is 90.8 Å². The summed E-state index contributed by atoms with van der Waals surface area (Å²) in [7, 11) is 0. The van der Waals surface area contributed by atoms with Gasteiger partial charge in [0, 0.05) is 41.3 Å². The van der Waals surface area contributed by atoms with Crippen LogP contribution in [0, 0.1) is 0 Å². The van der Waals surface area contributed by atoms with Crippen LogP contribution in [0.1, 0.15) is 11.7 Å². The van der Waals surface area contributed by atoms with Crippen molar-refractivity contribution in [1.29, 1.82) is 0 Å². The van der Waals surface area contributed by atoms with Crippen molar-refractivity contribution in [3.63, 3.8) is 0 Å². The first-order valence-corrected chi connectivity index (χ1v) is 16.7. The fourth-order valence-corrected chi connectivity index (χ4v) is 9.01. The van der Waals surface area contributed by atoms with Gasteiger partial charge >= 0.3 is 5.97 Å². The highest BCUT2D eigenvalue weighted by atomic mass is 35.5. The van der Waals surface area contributed by atoms with E-state index in [2.05, 4.69) is 20.6 Å². The number of β-lactam (4-membered cyclic amide) rings is 1. The van der Waals surface area contributed by atoms with E-state index >= 15 is 0 Å².